The lowest BCUT2D eigenvalue weighted by molar-refractivity contribution is -0.156. The maximum atomic E-state index is 11.0. The van der Waals surface area contributed by atoms with Gasteiger partial charge in [-0.3, -0.25) is 4.79 Å². The molecule has 6 nitrogen and oxygen atoms in total. The minimum atomic E-state index is -1.21. The van der Waals surface area contributed by atoms with Crippen molar-refractivity contribution in [1.82, 2.24) is 5.32 Å². The van der Waals surface area contributed by atoms with Crippen LogP contribution in [0.2, 0.25) is 0 Å². The number of carboxylic acids is 1. The predicted octanol–water partition coefficient (Wildman–Crippen LogP) is -1.11. The van der Waals surface area contributed by atoms with Crippen molar-refractivity contribution in [3.8, 4) is 0 Å². The highest BCUT2D eigenvalue weighted by atomic mass is 16.6. The van der Waals surface area contributed by atoms with Gasteiger partial charge in [-0.1, -0.05) is 0 Å². The topological polar surface area (TPSA) is 92.7 Å². The third-order valence-electron chi connectivity index (χ3n) is 1.62. The van der Waals surface area contributed by atoms with Crippen molar-refractivity contribution in [2.75, 3.05) is 6.61 Å². The molecule has 1 atom stereocenters. The monoisotopic (exact) mass is 187 g/mol. The van der Waals surface area contributed by atoms with E-state index in [-0.39, 0.29) is 12.3 Å². The van der Waals surface area contributed by atoms with E-state index in [1.807, 2.05) is 0 Å². The summed E-state index contributed by atoms with van der Waals surface area (Å²) in [5, 5.41) is 10.6. The first-order valence-electron chi connectivity index (χ1n) is 3.77. The molecular formula is C7H9NO5. The van der Waals surface area contributed by atoms with Crippen LogP contribution in [0, 0.1) is 0 Å². The smallest absolute Gasteiger partial charge is 0.341 e. The molecular weight excluding hydrogens is 178 g/mol. The number of rotatable bonds is 3. The van der Waals surface area contributed by atoms with E-state index < -0.39 is 24.6 Å². The standard InChI is InChI=1S/C7H9NO5/c9-5-2-1-4(8-5)7(12)13-3-6(10)11/h4H,1-3H2,(H,8,9)(H,10,11). The average molecular weight is 187 g/mol. The molecule has 6 heteroatoms. The summed E-state index contributed by atoms with van der Waals surface area (Å²) in [6.07, 6.45) is 0.657. The Balaban J connectivity index is 2.31. The van der Waals surface area contributed by atoms with Crippen molar-refractivity contribution in [1.29, 1.82) is 0 Å². The molecule has 0 aromatic rings. The van der Waals surface area contributed by atoms with Crippen molar-refractivity contribution < 1.29 is 24.2 Å². The molecule has 0 radical (unpaired) electrons. The van der Waals surface area contributed by atoms with E-state index in [1.165, 1.54) is 0 Å². The molecule has 1 unspecified atom stereocenters. The van der Waals surface area contributed by atoms with E-state index in [2.05, 4.69) is 10.1 Å². The fourth-order valence-electron chi connectivity index (χ4n) is 1.02. The molecule has 13 heavy (non-hydrogen) atoms. The number of carboxylic acid groups (broad SMARTS) is 1. The van der Waals surface area contributed by atoms with Gasteiger partial charge in [0.15, 0.2) is 6.61 Å². The van der Waals surface area contributed by atoms with Crippen molar-refractivity contribution in [3.05, 3.63) is 0 Å². The third-order valence-corrected chi connectivity index (χ3v) is 1.62. The van der Waals surface area contributed by atoms with Gasteiger partial charge in [0.1, 0.15) is 6.04 Å². The second kappa shape index (κ2) is 3.88. The fraction of sp³-hybridized carbons (Fsp3) is 0.571. The van der Waals surface area contributed by atoms with E-state index in [1.54, 1.807) is 0 Å². The van der Waals surface area contributed by atoms with Crippen LogP contribution in [0.3, 0.4) is 0 Å². The number of hydrogen-bond donors (Lipinski definition) is 2. The lowest BCUT2D eigenvalue weighted by Gasteiger charge is -2.07. The maximum Gasteiger partial charge on any atom is 0.341 e. The van der Waals surface area contributed by atoms with Gasteiger partial charge in [0.05, 0.1) is 0 Å². The highest BCUT2D eigenvalue weighted by Crippen LogP contribution is 2.07. The van der Waals surface area contributed by atoms with Gasteiger partial charge >= 0.3 is 11.9 Å². The molecule has 2 N–H and O–H groups in total. The first-order chi connectivity index (χ1) is 6.09. The largest absolute Gasteiger partial charge is 0.479 e. The molecule has 0 bridgehead atoms. The summed E-state index contributed by atoms with van der Waals surface area (Å²) in [6.45, 7) is -0.662. The first kappa shape index (κ1) is 9.50. The number of esters is 1. The van der Waals surface area contributed by atoms with Gasteiger partial charge in [0.25, 0.3) is 0 Å². The summed E-state index contributed by atoms with van der Waals surface area (Å²) in [6, 6.07) is -0.674. The lowest BCUT2D eigenvalue weighted by Crippen LogP contribution is -2.35. The summed E-state index contributed by atoms with van der Waals surface area (Å²) in [5.41, 5.74) is 0. The molecule has 1 saturated heterocycles. The van der Waals surface area contributed by atoms with Crippen molar-refractivity contribution in [2.45, 2.75) is 18.9 Å². The summed E-state index contributed by atoms with van der Waals surface area (Å²) >= 11 is 0. The molecule has 1 aliphatic heterocycles. The third kappa shape index (κ3) is 2.73. The minimum Gasteiger partial charge on any atom is -0.479 e. The molecule has 1 heterocycles. The predicted molar refractivity (Wildman–Crippen MR) is 39.8 cm³/mol. The Morgan fingerprint density at radius 2 is 2.31 bits per heavy atom. The second-order valence-electron chi connectivity index (χ2n) is 2.66. The number of carbonyl (C=O) groups excluding carboxylic acids is 2. The molecule has 0 spiro atoms. The van der Waals surface area contributed by atoms with Crippen molar-refractivity contribution >= 4 is 17.8 Å². The zero-order valence-electron chi connectivity index (χ0n) is 6.78. The first-order valence-corrected chi connectivity index (χ1v) is 3.77. The zero-order valence-corrected chi connectivity index (χ0v) is 6.78. The van der Waals surface area contributed by atoms with E-state index >= 15 is 0 Å². The number of ether oxygens (including phenoxy) is 1. The number of amides is 1. The molecule has 0 aliphatic carbocycles. The van der Waals surface area contributed by atoms with Crippen molar-refractivity contribution in [2.24, 2.45) is 0 Å². The highest BCUT2D eigenvalue weighted by Gasteiger charge is 2.28. The normalized spacial score (nSPS) is 20.9. The van der Waals surface area contributed by atoms with Crippen LogP contribution in [0.4, 0.5) is 0 Å². The molecule has 1 amide bonds. The van der Waals surface area contributed by atoms with Crippen LogP contribution >= 0.6 is 0 Å². The van der Waals surface area contributed by atoms with E-state index in [0.717, 1.165) is 0 Å². The Hall–Kier alpha value is -1.59. The van der Waals surface area contributed by atoms with Crippen LogP contribution in [-0.2, 0) is 19.1 Å². The van der Waals surface area contributed by atoms with Gasteiger partial charge in [0, 0.05) is 6.42 Å². The molecule has 0 aromatic carbocycles. The molecule has 0 aromatic heterocycles. The van der Waals surface area contributed by atoms with Gasteiger partial charge < -0.3 is 15.2 Å². The summed E-state index contributed by atoms with van der Waals surface area (Å²) in [4.78, 5) is 31.7. The van der Waals surface area contributed by atoms with Crippen LogP contribution < -0.4 is 5.32 Å². The van der Waals surface area contributed by atoms with Crippen LogP contribution in [0.25, 0.3) is 0 Å². The molecule has 1 fully saturated rings. The van der Waals surface area contributed by atoms with Crippen LogP contribution in [-0.4, -0.2) is 35.6 Å². The van der Waals surface area contributed by atoms with Gasteiger partial charge in [-0.15, -0.1) is 0 Å². The maximum absolute atomic E-state index is 11.0. The number of hydrogen-bond acceptors (Lipinski definition) is 4. The van der Waals surface area contributed by atoms with Gasteiger partial charge in [-0.05, 0) is 6.42 Å². The highest BCUT2D eigenvalue weighted by molar-refractivity contribution is 5.88. The Morgan fingerprint density at radius 1 is 1.62 bits per heavy atom. The number of nitrogens with one attached hydrogen (secondary N) is 1. The molecule has 0 saturated carbocycles. The van der Waals surface area contributed by atoms with E-state index in [4.69, 9.17) is 5.11 Å². The molecule has 1 aliphatic rings. The SMILES string of the molecule is O=C(O)COC(=O)C1CCC(=O)N1. The average Bonchev–Trinajstić information content (AvgIpc) is 2.47. The van der Waals surface area contributed by atoms with Crippen LogP contribution in [0.5, 0.6) is 0 Å². The number of carbonyl (C=O) groups is 3. The van der Waals surface area contributed by atoms with E-state index in [9.17, 15) is 14.4 Å². The van der Waals surface area contributed by atoms with Gasteiger partial charge in [0.2, 0.25) is 5.91 Å². The van der Waals surface area contributed by atoms with Gasteiger partial charge in [-0.2, -0.15) is 0 Å². The Labute approximate surface area is 73.9 Å². The lowest BCUT2D eigenvalue weighted by atomic mass is 10.2. The Morgan fingerprint density at radius 3 is 2.77 bits per heavy atom. The summed E-state index contributed by atoms with van der Waals surface area (Å²) in [7, 11) is 0. The van der Waals surface area contributed by atoms with Gasteiger partial charge in [-0.25, -0.2) is 9.59 Å². The van der Waals surface area contributed by atoms with Crippen molar-refractivity contribution in [3.63, 3.8) is 0 Å². The van der Waals surface area contributed by atoms with E-state index in [0.29, 0.717) is 6.42 Å². The molecule has 72 valence electrons. The summed E-state index contributed by atoms with van der Waals surface area (Å²) < 4.78 is 4.38. The minimum absolute atomic E-state index is 0.211. The fourth-order valence-corrected chi connectivity index (χ4v) is 1.02. The molecule has 1 rings (SSSR count). The zero-order chi connectivity index (χ0) is 9.84. The second-order valence-corrected chi connectivity index (χ2v) is 2.66. The van der Waals surface area contributed by atoms with Crippen LogP contribution in [0.15, 0.2) is 0 Å². The van der Waals surface area contributed by atoms with Crippen LogP contribution in [0.1, 0.15) is 12.8 Å². The Bertz CT molecular complexity index is 249. The summed E-state index contributed by atoms with van der Waals surface area (Å²) in [5.74, 6) is -2.11. The number of aliphatic carboxylic acids is 1. The Kier molecular flexibility index (Phi) is 2.84. The quantitative estimate of drug-likeness (QED) is 0.546.